The summed E-state index contributed by atoms with van der Waals surface area (Å²) in [4.78, 5) is 0. The summed E-state index contributed by atoms with van der Waals surface area (Å²) in [5.74, 6) is 0. The largest absolute Gasteiger partial charge is 1.00 e. The molecule has 0 fully saturated rings. The average Bonchev–Trinajstić information content (AvgIpc) is 2.75. The molecule has 0 aliphatic heterocycles. The van der Waals surface area contributed by atoms with Crippen molar-refractivity contribution in [3.63, 3.8) is 0 Å². The van der Waals surface area contributed by atoms with Crippen molar-refractivity contribution in [2.24, 2.45) is 17.2 Å². The third kappa shape index (κ3) is 20.4. The predicted octanol–water partition coefficient (Wildman–Crippen LogP) is -15.1. The van der Waals surface area contributed by atoms with E-state index in [1.54, 1.807) is 0 Å². The first-order valence-corrected chi connectivity index (χ1v) is 11.1. The van der Waals surface area contributed by atoms with Crippen LogP contribution in [0.2, 0.25) is 0 Å². The van der Waals surface area contributed by atoms with Gasteiger partial charge in [-0.1, -0.05) is 7.43 Å². The molecule has 0 atom stereocenters. The van der Waals surface area contributed by atoms with E-state index >= 15 is 0 Å². The van der Waals surface area contributed by atoms with Gasteiger partial charge in [-0.2, -0.15) is 6.39 Å². The number of nitrogens with two attached hydrogens (primary N) is 3. The molecule has 6 N–H and O–H groups in total. The zero-order chi connectivity index (χ0) is 29.2. The van der Waals surface area contributed by atoms with Gasteiger partial charge < -0.3 is 24.3 Å². The summed E-state index contributed by atoms with van der Waals surface area (Å²) < 4.78 is 0. The van der Waals surface area contributed by atoms with Crippen LogP contribution in [0.15, 0.2) is 0 Å². The maximum Gasteiger partial charge on any atom is 1.00 e. The quantitative estimate of drug-likeness (QED) is 0.233. The Kier molecular flexibility index (Phi) is 50.2. The molecule has 0 aliphatic rings. The van der Waals surface area contributed by atoms with Crippen LogP contribution in [0, 0.1) is 0 Å². The van der Waals surface area contributed by atoms with E-state index in [1.165, 1.54) is 28.2 Å². The molecule has 0 rings (SSSR count). The Bertz CT molecular complexity index is 407. The van der Waals surface area contributed by atoms with E-state index in [-0.39, 0.29) is 67.2 Å². The molecule has 3 nitrogen and oxygen atoms in total. The van der Waals surface area contributed by atoms with E-state index in [0.29, 0.717) is 0 Å². The molecular weight excluding hydrogens is 454 g/mol. The molecule has 0 aliphatic carbocycles. The van der Waals surface area contributed by atoms with Crippen LogP contribution in [-0.2, 0) is 0 Å². The summed E-state index contributed by atoms with van der Waals surface area (Å²) in [6.45, 7) is 0. The van der Waals surface area contributed by atoms with E-state index < -0.39 is 83.0 Å². The molecule has 0 unspecified atom stereocenters. The van der Waals surface area contributed by atoms with Crippen LogP contribution < -0.4 is 68.6 Å². The third-order valence-electron chi connectivity index (χ3n) is 5.56. The summed E-state index contributed by atoms with van der Waals surface area (Å²) in [7, 11) is 95.7. The van der Waals surface area contributed by atoms with Gasteiger partial charge in [-0.15, -0.1) is 0 Å². The molecule has 141 valence electrons. The van der Waals surface area contributed by atoms with Crippen LogP contribution in [-0.4, -0.2) is 236 Å². The van der Waals surface area contributed by atoms with Crippen molar-refractivity contribution in [3.8, 4) is 0 Å². The monoisotopic (exact) mass is 478 g/mol. The number of hydrogen-bond acceptors (Lipinski definition) is 3. The fourth-order valence-corrected chi connectivity index (χ4v) is 4.36. The van der Waals surface area contributed by atoms with E-state index in [0.717, 1.165) is 0 Å². The molecule has 0 amide bonds. The zero-order valence-corrected chi connectivity index (χ0v) is 26.2. The van der Waals surface area contributed by atoms with Crippen molar-refractivity contribution in [2.75, 3.05) is 21.1 Å². The summed E-state index contributed by atoms with van der Waals surface area (Å²) in [5, 5.41) is 0. The molecule has 38 heavy (non-hydrogen) atoms. The minimum atomic E-state index is -1.03. The molecular formula is C4H19B30KN3. The fraction of sp³-hybridized carbons (Fsp3) is 1.00. The van der Waals surface area contributed by atoms with Crippen molar-refractivity contribution in [1.29, 1.82) is 0 Å². The average molecular weight is 473 g/mol. The van der Waals surface area contributed by atoms with Crippen LogP contribution in [0.3, 0.4) is 0 Å². The van der Waals surface area contributed by atoms with Gasteiger partial charge in [-0.3, -0.25) is 7.74 Å². The van der Waals surface area contributed by atoms with E-state index in [2.05, 4.69) is 17.2 Å². The van der Waals surface area contributed by atoms with Crippen LogP contribution in [0.5, 0.6) is 0 Å². The number of rotatable bonds is 13. The SMILES string of the molecule is C.CN.CN.CN.[B].[B][B-]B(B([B])[B])B(B(B([B])[B])B([B])[B])B(B(B([B])[B])B([B])[B])B(B([B])[B])B([B])[B].[K+]. The minimum absolute atomic E-state index is 0. The molecule has 0 bridgehead atoms. The maximum atomic E-state index is 6.01. The van der Waals surface area contributed by atoms with E-state index in [1.807, 2.05) is 0 Å². The van der Waals surface area contributed by atoms with Gasteiger partial charge >= 0.3 is 51.4 Å². The first-order chi connectivity index (χ1) is 16.2. The minimum Gasteiger partial charge on any atom is -0.447 e. The van der Waals surface area contributed by atoms with Gasteiger partial charge in [0.15, 0.2) is 0 Å². The smallest absolute Gasteiger partial charge is 0.447 e. The summed E-state index contributed by atoms with van der Waals surface area (Å²) >= 11 is 0. The van der Waals surface area contributed by atoms with Gasteiger partial charge in [0, 0.05) is 8.41 Å². The number of hydrogen-bond donors (Lipinski definition) is 3. The second-order valence-electron chi connectivity index (χ2n) is 7.70. The fourth-order valence-electron chi connectivity index (χ4n) is 4.36. The van der Waals surface area contributed by atoms with Crippen molar-refractivity contribution in [1.82, 2.24) is 0 Å². The Morgan fingerprint density at radius 3 is 0.711 bits per heavy atom. The van der Waals surface area contributed by atoms with Crippen LogP contribution in [0.25, 0.3) is 0 Å². The van der Waals surface area contributed by atoms with Gasteiger partial charge in [0.05, 0.1) is 0 Å². The molecule has 0 aromatic rings. The molecule has 0 aromatic heterocycles. The second kappa shape index (κ2) is 33.4. The van der Waals surface area contributed by atoms with Crippen LogP contribution in [0.4, 0.5) is 0 Å². The van der Waals surface area contributed by atoms with E-state index in [9.17, 15) is 0 Å². The predicted molar refractivity (Wildman–Crippen MR) is 210 cm³/mol. The van der Waals surface area contributed by atoms with Crippen molar-refractivity contribution in [3.05, 3.63) is 0 Å². The molecule has 0 aromatic carbocycles. The van der Waals surface area contributed by atoms with Gasteiger partial charge in [-0.05, 0) is 206 Å². The Labute approximate surface area is 308 Å². The first kappa shape index (κ1) is 57.2. The molecule has 0 saturated carbocycles. The van der Waals surface area contributed by atoms with Crippen LogP contribution in [0.1, 0.15) is 7.43 Å². The third-order valence-corrected chi connectivity index (χ3v) is 5.56. The summed E-state index contributed by atoms with van der Waals surface area (Å²) in [6.07, 6.45) is -11.9. The topological polar surface area (TPSA) is 78.1 Å². The van der Waals surface area contributed by atoms with Crippen molar-refractivity contribution in [2.45, 2.75) is 7.43 Å². The standard InChI is InChI=1S/3CH5N.CH4.B29.B.K/c3*1-2;;1-16-24(17(2)3)28(25(18(4)5)19(6)7)29(26(20(8)9)21(10)11)27(22(12)13)23(14)15;;/h3*2H2,1H3;1H4;;;/q;;;;-1;;+1. The Hall–Kier alpha value is 3.46. The summed E-state index contributed by atoms with van der Waals surface area (Å²) in [5.41, 5.74) is 13.5. The van der Waals surface area contributed by atoms with Crippen molar-refractivity contribution < 1.29 is 51.4 Å². The Morgan fingerprint density at radius 1 is 0.395 bits per heavy atom. The molecule has 0 spiro atoms. The second-order valence-corrected chi connectivity index (χ2v) is 7.70. The van der Waals surface area contributed by atoms with Gasteiger partial charge in [-0.25, -0.2) is 0 Å². The normalized spacial score (nSPS) is 7.74. The van der Waals surface area contributed by atoms with Gasteiger partial charge in [0.25, 0.3) is 0 Å². The first-order valence-electron chi connectivity index (χ1n) is 11.1. The molecule has 0 saturated heterocycles. The van der Waals surface area contributed by atoms with Gasteiger partial charge in [0.2, 0.25) is 0 Å². The molecule has 0 heterocycles. The summed E-state index contributed by atoms with van der Waals surface area (Å²) in [6, 6.07) is 0. The van der Waals surface area contributed by atoms with Gasteiger partial charge in [0.1, 0.15) is 0 Å². The Morgan fingerprint density at radius 2 is 0.579 bits per heavy atom. The zero-order valence-electron chi connectivity index (χ0n) is 23.1. The van der Waals surface area contributed by atoms with Crippen LogP contribution >= 0.6 is 0 Å². The molecule has 35 radical (unpaired) electrons. The molecule has 34 heteroatoms. The van der Waals surface area contributed by atoms with Crippen molar-refractivity contribution >= 4 is 215 Å². The Balaban J connectivity index is -0.000000198. The maximum absolute atomic E-state index is 6.01. The van der Waals surface area contributed by atoms with E-state index in [4.69, 9.17) is 116 Å².